The minimum absolute atomic E-state index is 0. The van der Waals surface area contributed by atoms with Crippen LogP contribution in [0.3, 0.4) is 0 Å². The number of hydrogen-bond donors (Lipinski definition) is 2. The van der Waals surface area contributed by atoms with Gasteiger partial charge in [0.15, 0.2) is 5.96 Å². The standard InChI is InChI=1S/C20H33N5O3.HI/c1-17-6-3-4-13-24(17)14-5-11-21-20(22-12-15-28-2)23-16-18-7-9-19(10-8-18)25(26)27;/h7-10,17H,3-6,11-16H2,1-2H3,(H2,21,22,23);1H. The van der Waals surface area contributed by atoms with E-state index >= 15 is 0 Å². The molecule has 0 bridgehead atoms. The van der Waals surface area contributed by atoms with Gasteiger partial charge in [0.25, 0.3) is 5.69 Å². The van der Waals surface area contributed by atoms with Crippen LogP contribution >= 0.6 is 24.0 Å². The Balaban J connectivity index is 0.00000420. The van der Waals surface area contributed by atoms with Crippen LogP contribution in [0.15, 0.2) is 29.3 Å². The Bertz CT molecular complexity index is 627. The Hall–Kier alpha value is -1.46. The molecule has 1 heterocycles. The molecule has 8 nitrogen and oxygen atoms in total. The third kappa shape index (κ3) is 9.72. The molecule has 1 aliphatic rings. The van der Waals surface area contributed by atoms with Gasteiger partial charge in [-0.05, 0) is 38.3 Å². The van der Waals surface area contributed by atoms with E-state index in [2.05, 4.69) is 27.4 Å². The van der Waals surface area contributed by atoms with Gasteiger partial charge in [-0.2, -0.15) is 0 Å². The lowest BCUT2D eigenvalue weighted by atomic mass is 10.0. The summed E-state index contributed by atoms with van der Waals surface area (Å²) < 4.78 is 5.09. The molecular weight excluding hydrogens is 485 g/mol. The van der Waals surface area contributed by atoms with Crippen LogP contribution < -0.4 is 10.6 Å². The number of non-ortho nitro benzene ring substituents is 1. The first-order valence-corrected chi connectivity index (χ1v) is 10.1. The maximum atomic E-state index is 10.7. The van der Waals surface area contributed by atoms with E-state index in [0.717, 1.165) is 31.0 Å². The molecule has 0 saturated carbocycles. The first kappa shape index (κ1) is 25.6. The van der Waals surface area contributed by atoms with Crippen LogP contribution in [0.4, 0.5) is 5.69 Å². The molecule has 1 aromatic carbocycles. The summed E-state index contributed by atoms with van der Waals surface area (Å²) in [5.74, 6) is 0.738. The highest BCUT2D eigenvalue weighted by Gasteiger charge is 2.17. The Morgan fingerprint density at radius 2 is 2.00 bits per heavy atom. The normalized spacial score (nSPS) is 17.4. The Labute approximate surface area is 190 Å². The molecule has 1 fully saturated rings. The number of halogens is 1. The summed E-state index contributed by atoms with van der Waals surface area (Å²) in [6.07, 6.45) is 5.01. The monoisotopic (exact) mass is 519 g/mol. The van der Waals surface area contributed by atoms with Gasteiger partial charge in [0.1, 0.15) is 0 Å². The van der Waals surface area contributed by atoms with E-state index in [9.17, 15) is 10.1 Å². The number of benzene rings is 1. The Kier molecular flexibility index (Phi) is 12.8. The van der Waals surface area contributed by atoms with Crippen molar-refractivity contribution < 1.29 is 9.66 Å². The topological polar surface area (TPSA) is 92.0 Å². The van der Waals surface area contributed by atoms with Gasteiger partial charge in [-0.1, -0.05) is 18.6 Å². The van der Waals surface area contributed by atoms with E-state index in [-0.39, 0.29) is 29.7 Å². The smallest absolute Gasteiger partial charge is 0.269 e. The number of nitrogens with one attached hydrogen (secondary N) is 2. The van der Waals surface area contributed by atoms with Crippen LogP contribution in [0, 0.1) is 10.1 Å². The van der Waals surface area contributed by atoms with Crippen molar-refractivity contribution in [3.05, 3.63) is 39.9 Å². The first-order valence-electron chi connectivity index (χ1n) is 10.1. The first-order chi connectivity index (χ1) is 13.6. The summed E-state index contributed by atoms with van der Waals surface area (Å²) in [4.78, 5) is 17.5. The zero-order chi connectivity index (χ0) is 20.2. The molecule has 0 spiro atoms. The van der Waals surface area contributed by atoms with E-state index in [1.165, 1.54) is 37.9 Å². The number of methoxy groups -OCH3 is 1. The molecule has 0 amide bonds. The fraction of sp³-hybridized carbons (Fsp3) is 0.650. The highest BCUT2D eigenvalue weighted by Crippen LogP contribution is 2.16. The molecule has 0 aromatic heterocycles. The average Bonchev–Trinajstić information content (AvgIpc) is 2.70. The van der Waals surface area contributed by atoms with Crippen molar-refractivity contribution in [1.29, 1.82) is 0 Å². The molecule has 1 atom stereocenters. The molecule has 1 aromatic rings. The number of piperidine rings is 1. The fourth-order valence-corrected chi connectivity index (χ4v) is 3.32. The molecule has 0 aliphatic carbocycles. The lowest BCUT2D eigenvalue weighted by molar-refractivity contribution is -0.384. The molecule has 164 valence electrons. The van der Waals surface area contributed by atoms with E-state index in [0.29, 0.717) is 25.7 Å². The minimum atomic E-state index is -0.393. The lowest BCUT2D eigenvalue weighted by Crippen LogP contribution is -2.42. The van der Waals surface area contributed by atoms with Crippen molar-refractivity contribution in [3.8, 4) is 0 Å². The van der Waals surface area contributed by atoms with Gasteiger partial charge < -0.3 is 20.3 Å². The van der Waals surface area contributed by atoms with Gasteiger partial charge in [-0.25, -0.2) is 4.99 Å². The molecular formula is C20H34IN5O3. The molecule has 0 radical (unpaired) electrons. The van der Waals surface area contributed by atoms with Crippen LogP contribution in [0.2, 0.25) is 0 Å². The molecule has 2 N–H and O–H groups in total. The molecule has 1 aliphatic heterocycles. The average molecular weight is 519 g/mol. The van der Waals surface area contributed by atoms with Gasteiger partial charge in [0.05, 0.1) is 18.1 Å². The molecule has 2 rings (SSSR count). The highest BCUT2D eigenvalue weighted by molar-refractivity contribution is 14.0. The number of nitro groups is 1. The third-order valence-electron chi connectivity index (χ3n) is 5.02. The molecule has 1 unspecified atom stereocenters. The van der Waals surface area contributed by atoms with Crippen LogP contribution in [0.1, 0.15) is 38.2 Å². The predicted octanol–water partition coefficient (Wildman–Crippen LogP) is 3.16. The number of nitro benzene ring substituents is 1. The van der Waals surface area contributed by atoms with Crippen LogP contribution in [-0.4, -0.2) is 61.7 Å². The second-order valence-electron chi connectivity index (χ2n) is 7.17. The summed E-state index contributed by atoms with van der Waals surface area (Å²) in [6, 6.07) is 7.19. The summed E-state index contributed by atoms with van der Waals surface area (Å²) in [6.45, 7) is 7.20. The Morgan fingerprint density at radius 3 is 2.66 bits per heavy atom. The number of likely N-dealkylation sites (tertiary alicyclic amines) is 1. The maximum Gasteiger partial charge on any atom is 0.269 e. The van der Waals surface area contributed by atoms with Gasteiger partial charge in [-0.3, -0.25) is 10.1 Å². The van der Waals surface area contributed by atoms with Crippen molar-refractivity contribution in [1.82, 2.24) is 15.5 Å². The van der Waals surface area contributed by atoms with Crippen molar-refractivity contribution in [3.63, 3.8) is 0 Å². The number of hydrogen-bond acceptors (Lipinski definition) is 5. The van der Waals surface area contributed by atoms with Gasteiger partial charge in [0.2, 0.25) is 0 Å². The third-order valence-corrected chi connectivity index (χ3v) is 5.02. The maximum absolute atomic E-state index is 10.7. The van der Waals surface area contributed by atoms with E-state index in [1.54, 1.807) is 19.2 Å². The number of aliphatic imine (C=N–C) groups is 1. The highest BCUT2D eigenvalue weighted by atomic mass is 127. The van der Waals surface area contributed by atoms with Crippen LogP contribution in [0.25, 0.3) is 0 Å². The number of guanidine groups is 1. The van der Waals surface area contributed by atoms with E-state index in [4.69, 9.17) is 4.74 Å². The van der Waals surface area contributed by atoms with E-state index in [1.807, 2.05) is 0 Å². The summed E-state index contributed by atoms with van der Waals surface area (Å²) in [5.41, 5.74) is 1.02. The Morgan fingerprint density at radius 1 is 1.28 bits per heavy atom. The van der Waals surface area contributed by atoms with Gasteiger partial charge >= 0.3 is 0 Å². The number of nitrogens with zero attached hydrogens (tertiary/aromatic N) is 3. The van der Waals surface area contributed by atoms with Crippen LogP contribution in [0.5, 0.6) is 0 Å². The van der Waals surface area contributed by atoms with Crippen molar-refractivity contribution in [2.75, 3.05) is 39.9 Å². The number of ether oxygens (including phenoxy) is 1. The van der Waals surface area contributed by atoms with Crippen LogP contribution in [-0.2, 0) is 11.3 Å². The second kappa shape index (κ2) is 14.5. The zero-order valence-corrected chi connectivity index (χ0v) is 19.8. The SMILES string of the molecule is COCCNC(=NCc1ccc([N+](=O)[O-])cc1)NCCCN1CCCCC1C.I. The quantitative estimate of drug-likeness (QED) is 0.123. The largest absolute Gasteiger partial charge is 0.383 e. The van der Waals surface area contributed by atoms with Gasteiger partial charge in [0, 0.05) is 44.9 Å². The summed E-state index contributed by atoms with van der Waals surface area (Å²) in [7, 11) is 1.67. The van der Waals surface area contributed by atoms with Crippen molar-refractivity contribution >= 4 is 35.6 Å². The number of rotatable bonds is 10. The predicted molar refractivity (Wildman–Crippen MR) is 127 cm³/mol. The van der Waals surface area contributed by atoms with E-state index < -0.39 is 4.92 Å². The lowest BCUT2D eigenvalue weighted by Gasteiger charge is -2.33. The molecule has 9 heteroatoms. The molecule has 1 saturated heterocycles. The minimum Gasteiger partial charge on any atom is -0.383 e. The van der Waals surface area contributed by atoms with Crippen molar-refractivity contribution in [2.45, 2.75) is 45.2 Å². The summed E-state index contributed by atoms with van der Waals surface area (Å²) >= 11 is 0. The van der Waals surface area contributed by atoms with Gasteiger partial charge in [-0.15, -0.1) is 24.0 Å². The van der Waals surface area contributed by atoms with Crippen molar-refractivity contribution in [2.24, 2.45) is 4.99 Å². The fourth-order valence-electron chi connectivity index (χ4n) is 3.32. The zero-order valence-electron chi connectivity index (χ0n) is 17.4. The summed E-state index contributed by atoms with van der Waals surface area (Å²) in [5, 5.41) is 17.4. The molecule has 29 heavy (non-hydrogen) atoms. The second-order valence-corrected chi connectivity index (χ2v) is 7.17.